The maximum Gasteiger partial charge on any atom is 0.327 e. The van der Waals surface area contributed by atoms with Crippen molar-refractivity contribution in [2.45, 2.75) is 50.5 Å². The molecular weight excluding hydrogens is 388 g/mol. The summed E-state index contributed by atoms with van der Waals surface area (Å²) in [4.78, 5) is 57.5. The van der Waals surface area contributed by atoms with Crippen molar-refractivity contribution >= 4 is 23.8 Å². The normalized spacial score (nSPS) is 25.4. The van der Waals surface area contributed by atoms with Crippen LogP contribution in [0.4, 0.5) is 4.79 Å². The lowest BCUT2D eigenvalue weighted by Crippen LogP contribution is -2.51. The van der Waals surface area contributed by atoms with Gasteiger partial charge in [-0.05, 0) is 25.7 Å². The molecule has 5 amide bonds. The summed E-state index contributed by atoms with van der Waals surface area (Å²) in [5, 5.41) is 0. The van der Waals surface area contributed by atoms with Crippen LogP contribution in [0.3, 0.4) is 0 Å². The molecule has 3 heterocycles. The van der Waals surface area contributed by atoms with Gasteiger partial charge < -0.3 is 19.4 Å². The summed E-state index contributed by atoms with van der Waals surface area (Å²) in [5.41, 5.74) is -0.757. The molecule has 1 spiro atoms. The Morgan fingerprint density at radius 1 is 0.967 bits per heavy atom. The SMILES string of the molecule is CN1C(=O)N(CC(=O)N2CCC(C(=O)N3CCOCC3)CC2)C(=O)C12CCCCC2. The summed E-state index contributed by atoms with van der Waals surface area (Å²) in [6.45, 7) is 3.19. The quantitative estimate of drug-likeness (QED) is 0.627. The van der Waals surface area contributed by atoms with Crippen LogP contribution < -0.4 is 0 Å². The number of likely N-dealkylation sites (N-methyl/N-ethyl adjacent to an activating group) is 1. The monoisotopic (exact) mass is 420 g/mol. The van der Waals surface area contributed by atoms with Crippen LogP contribution in [-0.4, -0.2) is 102 Å². The minimum atomic E-state index is -0.757. The van der Waals surface area contributed by atoms with Crippen molar-refractivity contribution in [2.24, 2.45) is 5.92 Å². The lowest BCUT2D eigenvalue weighted by molar-refractivity contribution is -0.145. The second kappa shape index (κ2) is 8.53. The number of nitrogens with zero attached hydrogens (tertiary/aromatic N) is 4. The minimum Gasteiger partial charge on any atom is -0.378 e. The minimum absolute atomic E-state index is 0.0705. The van der Waals surface area contributed by atoms with Gasteiger partial charge in [0.25, 0.3) is 5.91 Å². The van der Waals surface area contributed by atoms with E-state index in [9.17, 15) is 19.2 Å². The van der Waals surface area contributed by atoms with Crippen LogP contribution in [0.5, 0.6) is 0 Å². The van der Waals surface area contributed by atoms with Gasteiger partial charge in [0.1, 0.15) is 12.1 Å². The molecule has 4 aliphatic rings. The van der Waals surface area contributed by atoms with Crippen molar-refractivity contribution in [1.82, 2.24) is 19.6 Å². The molecule has 3 aliphatic heterocycles. The molecule has 0 atom stereocenters. The van der Waals surface area contributed by atoms with E-state index in [4.69, 9.17) is 4.74 Å². The third-order valence-electron chi connectivity index (χ3n) is 7.30. The lowest BCUT2D eigenvalue weighted by Gasteiger charge is -2.36. The average molecular weight is 421 g/mol. The summed E-state index contributed by atoms with van der Waals surface area (Å²) in [5.74, 6) is -0.356. The fourth-order valence-electron chi connectivity index (χ4n) is 5.32. The van der Waals surface area contributed by atoms with Crippen molar-refractivity contribution in [2.75, 3.05) is 53.0 Å². The van der Waals surface area contributed by atoms with Gasteiger partial charge in [-0.2, -0.15) is 0 Å². The highest BCUT2D eigenvalue weighted by atomic mass is 16.5. The van der Waals surface area contributed by atoms with Crippen LogP contribution in [0.15, 0.2) is 0 Å². The fraction of sp³-hybridized carbons (Fsp3) is 0.810. The Bertz CT molecular complexity index is 706. The van der Waals surface area contributed by atoms with Gasteiger partial charge in [-0.15, -0.1) is 0 Å². The molecule has 0 aromatic heterocycles. The highest BCUT2D eigenvalue weighted by Gasteiger charge is 2.56. The first-order valence-corrected chi connectivity index (χ1v) is 11.2. The molecule has 1 aliphatic carbocycles. The Morgan fingerprint density at radius 3 is 2.23 bits per heavy atom. The van der Waals surface area contributed by atoms with E-state index in [-0.39, 0.29) is 36.2 Å². The molecule has 30 heavy (non-hydrogen) atoms. The number of carbonyl (C=O) groups excluding carboxylic acids is 4. The van der Waals surface area contributed by atoms with Gasteiger partial charge >= 0.3 is 6.03 Å². The van der Waals surface area contributed by atoms with Gasteiger partial charge in [0, 0.05) is 39.1 Å². The molecule has 0 unspecified atom stereocenters. The highest BCUT2D eigenvalue weighted by Crippen LogP contribution is 2.39. The van der Waals surface area contributed by atoms with Crippen LogP contribution in [0.1, 0.15) is 44.9 Å². The number of likely N-dealkylation sites (tertiary alicyclic amines) is 1. The molecule has 0 N–H and O–H groups in total. The first-order valence-electron chi connectivity index (χ1n) is 11.2. The number of carbonyl (C=O) groups is 4. The molecule has 4 rings (SSSR count). The van der Waals surface area contributed by atoms with Crippen molar-refractivity contribution in [3.05, 3.63) is 0 Å². The number of hydrogen-bond donors (Lipinski definition) is 0. The van der Waals surface area contributed by atoms with Gasteiger partial charge in [-0.25, -0.2) is 4.79 Å². The van der Waals surface area contributed by atoms with Crippen LogP contribution >= 0.6 is 0 Å². The predicted molar refractivity (Wildman–Crippen MR) is 107 cm³/mol. The van der Waals surface area contributed by atoms with Crippen LogP contribution in [0.25, 0.3) is 0 Å². The molecule has 1 saturated carbocycles. The second-order valence-corrected chi connectivity index (χ2v) is 8.92. The summed E-state index contributed by atoms with van der Waals surface area (Å²) in [6, 6.07) is -0.368. The molecule has 0 radical (unpaired) electrons. The zero-order valence-electron chi connectivity index (χ0n) is 17.8. The third-order valence-corrected chi connectivity index (χ3v) is 7.30. The van der Waals surface area contributed by atoms with E-state index in [1.807, 2.05) is 4.90 Å². The number of imide groups is 1. The van der Waals surface area contributed by atoms with Crippen molar-refractivity contribution in [3.63, 3.8) is 0 Å². The first kappa shape index (κ1) is 21.1. The lowest BCUT2D eigenvalue weighted by atomic mass is 9.81. The summed E-state index contributed by atoms with van der Waals surface area (Å²) < 4.78 is 5.31. The predicted octanol–water partition coefficient (Wildman–Crippen LogP) is 0.681. The second-order valence-electron chi connectivity index (χ2n) is 8.92. The van der Waals surface area contributed by atoms with E-state index in [2.05, 4.69) is 0 Å². The molecule has 9 heteroatoms. The molecular formula is C21H32N4O5. The molecule has 166 valence electrons. The first-order chi connectivity index (χ1) is 14.4. The molecule has 3 saturated heterocycles. The standard InChI is InChI=1S/C21H32N4O5/c1-22-20(29)25(19(28)21(22)7-3-2-4-8-21)15-17(26)23-9-5-16(6-10-23)18(27)24-11-13-30-14-12-24/h16H,2-15H2,1H3. The van der Waals surface area contributed by atoms with E-state index in [0.29, 0.717) is 65.1 Å². The number of hydrogen-bond acceptors (Lipinski definition) is 5. The highest BCUT2D eigenvalue weighted by molar-refractivity contribution is 6.09. The number of urea groups is 1. The van der Waals surface area contributed by atoms with Gasteiger partial charge in [0.05, 0.1) is 13.2 Å². The van der Waals surface area contributed by atoms with Crippen molar-refractivity contribution in [3.8, 4) is 0 Å². The van der Waals surface area contributed by atoms with E-state index >= 15 is 0 Å². The van der Waals surface area contributed by atoms with E-state index in [1.165, 1.54) is 0 Å². The fourth-order valence-corrected chi connectivity index (χ4v) is 5.32. The molecule has 9 nitrogen and oxygen atoms in total. The largest absolute Gasteiger partial charge is 0.378 e. The van der Waals surface area contributed by atoms with Gasteiger partial charge in [-0.3, -0.25) is 19.3 Å². The molecule has 0 aromatic rings. The Morgan fingerprint density at radius 2 is 1.60 bits per heavy atom. The van der Waals surface area contributed by atoms with E-state index in [1.54, 1.807) is 16.8 Å². The third kappa shape index (κ3) is 3.68. The Hall–Kier alpha value is -2.16. The van der Waals surface area contributed by atoms with E-state index < -0.39 is 5.54 Å². The summed E-state index contributed by atoms with van der Waals surface area (Å²) >= 11 is 0. The zero-order chi connectivity index (χ0) is 21.3. The van der Waals surface area contributed by atoms with Crippen LogP contribution in [0.2, 0.25) is 0 Å². The van der Waals surface area contributed by atoms with Crippen molar-refractivity contribution in [1.29, 1.82) is 0 Å². The number of ether oxygens (including phenoxy) is 1. The number of amides is 5. The Balaban J connectivity index is 1.32. The smallest absolute Gasteiger partial charge is 0.327 e. The molecule has 4 fully saturated rings. The maximum atomic E-state index is 13.1. The van der Waals surface area contributed by atoms with E-state index in [0.717, 1.165) is 24.2 Å². The number of piperidine rings is 1. The Kier molecular flexibility index (Phi) is 5.99. The number of morpholine rings is 1. The zero-order valence-corrected chi connectivity index (χ0v) is 17.8. The average Bonchev–Trinajstić information content (AvgIpc) is 2.96. The summed E-state index contributed by atoms with van der Waals surface area (Å²) in [7, 11) is 1.68. The molecule has 0 bridgehead atoms. The van der Waals surface area contributed by atoms with Crippen LogP contribution in [0, 0.1) is 5.92 Å². The topological polar surface area (TPSA) is 90.5 Å². The van der Waals surface area contributed by atoms with Gasteiger partial charge in [-0.1, -0.05) is 19.3 Å². The summed E-state index contributed by atoms with van der Waals surface area (Å²) in [6.07, 6.45) is 5.52. The van der Waals surface area contributed by atoms with Gasteiger partial charge in [0.15, 0.2) is 0 Å². The van der Waals surface area contributed by atoms with Gasteiger partial charge in [0.2, 0.25) is 11.8 Å². The Labute approximate surface area is 177 Å². The number of rotatable bonds is 3. The van der Waals surface area contributed by atoms with Crippen molar-refractivity contribution < 1.29 is 23.9 Å². The maximum absolute atomic E-state index is 13.1. The molecule has 0 aromatic carbocycles. The van der Waals surface area contributed by atoms with Crippen LogP contribution in [-0.2, 0) is 19.1 Å².